The van der Waals surface area contributed by atoms with Gasteiger partial charge in [0.1, 0.15) is 18.1 Å². The maximum atomic E-state index is 15.2. The predicted molar refractivity (Wildman–Crippen MR) is 186 cm³/mol. The molecule has 1 aromatic heterocycles. The van der Waals surface area contributed by atoms with E-state index in [0.29, 0.717) is 28.1 Å². The fourth-order valence-corrected chi connectivity index (χ4v) is 8.06. The smallest absolute Gasteiger partial charge is 0.347 e. The molecule has 2 amide bonds. The number of fused-ring (bicyclic) bond motifs is 4. The normalized spacial score (nSPS) is 22.4. The van der Waals surface area contributed by atoms with E-state index in [-0.39, 0.29) is 25.3 Å². The molecule has 3 aliphatic rings. The Morgan fingerprint density at radius 3 is 2.28 bits per heavy atom. The van der Waals surface area contributed by atoms with E-state index in [2.05, 4.69) is 5.43 Å². The number of rotatable bonds is 7. The molecule has 1 saturated heterocycles. The van der Waals surface area contributed by atoms with Crippen molar-refractivity contribution in [2.45, 2.75) is 43.9 Å². The molecule has 50 heavy (non-hydrogen) atoms. The number of aromatic hydroxyl groups is 1. The first-order chi connectivity index (χ1) is 24.2. The molecule has 11 nitrogen and oxygen atoms in total. The molecule has 5 aromatic rings. The lowest BCUT2D eigenvalue weighted by Gasteiger charge is -2.49. The molecule has 4 atom stereocenters. The number of phenolic OH excluding ortho intramolecular Hbond substituents is 1. The molecule has 2 fully saturated rings. The van der Waals surface area contributed by atoms with Crippen LogP contribution in [-0.2, 0) is 35.2 Å². The number of hydrogen-bond donors (Lipinski definition) is 2. The Bertz CT molecular complexity index is 2290. The van der Waals surface area contributed by atoms with Gasteiger partial charge in [0.25, 0.3) is 11.8 Å². The van der Waals surface area contributed by atoms with Gasteiger partial charge in [-0.05, 0) is 48.2 Å². The van der Waals surface area contributed by atoms with Crippen molar-refractivity contribution in [3.63, 3.8) is 0 Å². The lowest BCUT2D eigenvalue weighted by molar-refractivity contribution is -0.138. The van der Waals surface area contributed by atoms with Crippen molar-refractivity contribution in [1.82, 2.24) is 18.9 Å². The zero-order chi connectivity index (χ0) is 34.7. The van der Waals surface area contributed by atoms with E-state index in [4.69, 9.17) is 4.74 Å². The third kappa shape index (κ3) is 4.64. The van der Waals surface area contributed by atoms with Crippen molar-refractivity contribution in [1.29, 1.82) is 0 Å². The largest absolute Gasteiger partial charge is 0.508 e. The van der Waals surface area contributed by atoms with Crippen LogP contribution in [0, 0.1) is 12.8 Å². The number of aromatic nitrogens is 3. The van der Waals surface area contributed by atoms with E-state index in [9.17, 15) is 19.5 Å². The van der Waals surface area contributed by atoms with Crippen LogP contribution in [0.2, 0.25) is 0 Å². The first-order valence-corrected chi connectivity index (χ1v) is 16.5. The van der Waals surface area contributed by atoms with Crippen LogP contribution in [0.4, 0.5) is 5.69 Å². The first-order valence-electron chi connectivity index (χ1n) is 16.5. The summed E-state index contributed by atoms with van der Waals surface area (Å²) in [5, 5.41) is 12.9. The highest BCUT2D eigenvalue weighted by molar-refractivity contribution is 6.12. The molecule has 0 radical (unpaired) electrons. The number of carbonyl (C=O) groups excluding carboxylic acids is 2. The summed E-state index contributed by atoms with van der Waals surface area (Å²) in [7, 11) is 1.43. The highest BCUT2D eigenvalue weighted by atomic mass is 16.5. The number of nitrogens with one attached hydrogen (secondary N) is 1. The van der Waals surface area contributed by atoms with Crippen molar-refractivity contribution >= 4 is 17.5 Å². The van der Waals surface area contributed by atoms with E-state index in [1.54, 1.807) is 24.3 Å². The third-order valence-corrected chi connectivity index (χ3v) is 10.4. The van der Waals surface area contributed by atoms with Gasteiger partial charge in [0.2, 0.25) is 0 Å². The number of hydrogen-bond acceptors (Lipinski definition) is 7. The summed E-state index contributed by atoms with van der Waals surface area (Å²) in [5.74, 6) is -2.50. The van der Waals surface area contributed by atoms with E-state index >= 15 is 4.79 Å². The Labute approximate surface area is 287 Å². The minimum Gasteiger partial charge on any atom is -0.508 e. The quantitative estimate of drug-likeness (QED) is 0.192. The Balaban J connectivity index is 1.32. The lowest BCUT2D eigenvalue weighted by atomic mass is 9.53. The maximum Gasteiger partial charge on any atom is 0.347 e. The second-order valence-corrected chi connectivity index (χ2v) is 13.2. The number of anilines is 1. The molecule has 4 aromatic carbocycles. The molecular formula is C39H35N5O6. The number of phenols is 1. The molecule has 4 unspecified atom stereocenters. The molecule has 0 spiro atoms. The number of allylic oxidation sites excluding steroid dienone is 2. The number of benzene rings is 4. The summed E-state index contributed by atoms with van der Waals surface area (Å²) >= 11 is 0. The van der Waals surface area contributed by atoms with Crippen LogP contribution in [0.5, 0.6) is 11.5 Å². The second-order valence-electron chi connectivity index (χ2n) is 13.2. The molecule has 252 valence electrons. The third-order valence-electron chi connectivity index (χ3n) is 10.4. The zero-order valence-electron chi connectivity index (χ0n) is 27.5. The number of ether oxygens (including phenoxy) is 1. The van der Waals surface area contributed by atoms with Gasteiger partial charge in [-0.25, -0.2) is 23.5 Å². The highest BCUT2D eigenvalue weighted by Gasteiger charge is 2.69. The molecule has 1 aliphatic carbocycles. The average molecular weight is 670 g/mol. The SMILES string of the molecule is Cc1ccc(NN2C(=O)C3CC4C(=CCn5c(=O)n(C)c(=O)n54)C(c4ccc(OCc5ccccc5)cc4O)C3(c3ccccc3)C2=O)cc1. The van der Waals surface area contributed by atoms with E-state index in [1.807, 2.05) is 85.8 Å². The number of aryl methyl sites for hydroxylation is 1. The van der Waals surface area contributed by atoms with Gasteiger partial charge < -0.3 is 9.84 Å². The summed E-state index contributed by atoms with van der Waals surface area (Å²) in [6.07, 6.45) is 1.94. The fourth-order valence-electron chi connectivity index (χ4n) is 8.06. The maximum absolute atomic E-state index is 15.2. The van der Waals surface area contributed by atoms with Crippen molar-refractivity contribution in [3.8, 4) is 11.5 Å². The van der Waals surface area contributed by atoms with Crippen molar-refractivity contribution in [2.75, 3.05) is 5.43 Å². The molecule has 11 heteroatoms. The van der Waals surface area contributed by atoms with Crippen LogP contribution in [0.25, 0.3) is 0 Å². The van der Waals surface area contributed by atoms with Gasteiger partial charge in [-0.1, -0.05) is 90.5 Å². The number of hydrazine groups is 1. The van der Waals surface area contributed by atoms with Crippen LogP contribution < -0.4 is 21.5 Å². The number of nitrogens with zero attached hydrogens (tertiary/aromatic N) is 4. The van der Waals surface area contributed by atoms with Gasteiger partial charge in [-0.2, -0.15) is 5.01 Å². The van der Waals surface area contributed by atoms with Crippen LogP contribution >= 0.6 is 0 Å². The molecule has 3 heterocycles. The van der Waals surface area contributed by atoms with Gasteiger partial charge in [-0.3, -0.25) is 15.0 Å². The van der Waals surface area contributed by atoms with Gasteiger partial charge in [0.05, 0.1) is 29.6 Å². The minimum absolute atomic E-state index is 0.0796. The van der Waals surface area contributed by atoms with Gasteiger partial charge in [0.15, 0.2) is 0 Å². The van der Waals surface area contributed by atoms with Gasteiger partial charge in [0, 0.05) is 24.6 Å². The van der Waals surface area contributed by atoms with E-state index < -0.39 is 46.5 Å². The summed E-state index contributed by atoms with van der Waals surface area (Å²) in [6.45, 7) is 2.32. The summed E-state index contributed by atoms with van der Waals surface area (Å²) in [5.41, 5.74) is 4.79. The molecule has 2 N–H and O–H groups in total. The number of imide groups is 1. The summed E-state index contributed by atoms with van der Waals surface area (Å²) in [4.78, 5) is 56.5. The summed E-state index contributed by atoms with van der Waals surface area (Å²) < 4.78 is 9.85. The zero-order valence-corrected chi connectivity index (χ0v) is 27.5. The minimum atomic E-state index is -1.51. The van der Waals surface area contributed by atoms with E-state index in [1.165, 1.54) is 22.5 Å². The Hall–Kier alpha value is -6.10. The average Bonchev–Trinajstić information content (AvgIpc) is 3.49. The highest BCUT2D eigenvalue weighted by Crippen LogP contribution is 2.62. The number of carbonyl (C=O) groups is 2. The van der Waals surface area contributed by atoms with Gasteiger partial charge >= 0.3 is 11.4 Å². The number of amides is 2. The molecule has 1 saturated carbocycles. The van der Waals surface area contributed by atoms with Crippen molar-refractivity contribution in [2.24, 2.45) is 13.0 Å². The van der Waals surface area contributed by atoms with Crippen molar-refractivity contribution in [3.05, 3.63) is 158 Å². The fraction of sp³-hybridized carbons (Fsp3) is 0.231. The van der Waals surface area contributed by atoms with Gasteiger partial charge in [-0.15, -0.1) is 0 Å². The molecular weight excluding hydrogens is 634 g/mol. The van der Waals surface area contributed by atoms with Crippen LogP contribution in [0.1, 0.15) is 40.6 Å². The Kier molecular flexibility index (Phi) is 7.36. The topological polar surface area (TPSA) is 128 Å². The van der Waals surface area contributed by atoms with Crippen LogP contribution in [-0.4, -0.2) is 35.9 Å². The Morgan fingerprint density at radius 2 is 1.58 bits per heavy atom. The molecule has 2 aliphatic heterocycles. The summed E-state index contributed by atoms with van der Waals surface area (Å²) in [6, 6.07) is 30.5. The molecule has 0 bridgehead atoms. The lowest BCUT2D eigenvalue weighted by Crippen LogP contribution is -2.53. The Morgan fingerprint density at radius 1 is 0.880 bits per heavy atom. The molecule has 8 rings (SSSR count). The van der Waals surface area contributed by atoms with Crippen LogP contribution in [0.3, 0.4) is 0 Å². The standard InChI is InChI=1S/C39H35N5O6/c1-24-13-15-27(16-14-24)40-43-35(46)31-22-32-29(19-20-42-37(48)41(2)38(49)44(32)42)34(39(31,36(43)47)26-11-7-4-8-12-26)30-18-17-28(21-33(30)45)50-23-25-9-5-3-6-10-25/h3-19,21,31-32,34,40,45H,20,22-23H2,1-2H3. The second kappa shape index (κ2) is 11.8. The van der Waals surface area contributed by atoms with E-state index in [0.717, 1.165) is 20.7 Å². The van der Waals surface area contributed by atoms with Crippen molar-refractivity contribution < 1.29 is 19.4 Å². The van der Waals surface area contributed by atoms with Crippen LogP contribution in [0.15, 0.2) is 124 Å². The monoisotopic (exact) mass is 669 g/mol. The predicted octanol–water partition coefficient (Wildman–Crippen LogP) is 4.56. The first kappa shape index (κ1) is 31.2.